The van der Waals surface area contributed by atoms with E-state index in [1.54, 1.807) is 7.11 Å². The molecule has 0 amide bonds. The van der Waals surface area contributed by atoms with Crippen LogP contribution < -0.4 is 4.74 Å². The summed E-state index contributed by atoms with van der Waals surface area (Å²) >= 11 is 0. The summed E-state index contributed by atoms with van der Waals surface area (Å²) in [5.41, 5.74) is 2.36. The van der Waals surface area contributed by atoms with Crippen molar-refractivity contribution in [3.05, 3.63) is 29.3 Å². The van der Waals surface area contributed by atoms with Crippen molar-refractivity contribution in [1.82, 2.24) is 0 Å². The Morgan fingerprint density at radius 3 is 2.05 bits per heavy atom. The first-order valence-electron chi connectivity index (χ1n) is 8.46. The summed E-state index contributed by atoms with van der Waals surface area (Å²) in [7, 11) is 1.70. The highest BCUT2D eigenvalue weighted by atomic mass is 16.7. The van der Waals surface area contributed by atoms with Crippen LogP contribution in [0.15, 0.2) is 18.2 Å². The van der Waals surface area contributed by atoms with Crippen LogP contribution in [0.2, 0.25) is 0 Å². The van der Waals surface area contributed by atoms with Gasteiger partial charge in [-0.25, -0.2) is 0 Å². The fraction of sp³-hybridized carbons (Fsp3) is 0.684. The molecule has 1 rings (SSSR count). The Morgan fingerprint density at radius 1 is 1.00 bits per heavy atom. The largest absolute Gasteiger partial charge is 0.496 e. The maximum absolute atomic E-state index is 6.06. The fourth-order valence-electron chi connectivity index (χ4n) is 2.43. The molecule has 0 aliphatic carbocycles. The highest BCUT2D eigenvalue weighted by Gasteiger charge is 2.26. The molecule has 0 heterocycles. The number of hydrogen-bond acceptors (Lipinski definition) is 3. The molecule has 1 aromatic rings. The zero-order valence-corrected chi connectivity index (χ0v) is 14.9. The summed E-state index contributed by atoms with van der Waals surface area (Å²) in [6.07, 6.45) is 5.15. The van der Waals surface area contributed by atoms with Crippen molar-refractivity contribution in [2.24, 2.45) is 0 Å². The lowest BCUT2D eigenvalue weighted by Crippen LogP contribution is -2.36. The minimum Gasteiger partial charge on any atom is -0.496 e. The van der Waals surface area contributed by atoms with Gasteiger partial charge in [-0.1, -0.05) is 38.8 Å². The van der Waals surface area contributed by atoms with Crippen LogP contribution in [0.1, 0.15) is 57.6 Å². The number of unbranched alkanes of at least 4 members (excludes halogenated alkanes) is 2. The van der Waals surface area contributed by atoms with Gasteiger partial charge in [0, 0.05) is 6.42 Å². The van der Waals surface area contributed by atoms with Crippen LogP contribution in [0.3, 0.4) is 0 Å². The van der Waals surface area contributed by atoms with Crippen molar-refractivity contribution in [3.8, 4) is 5.75 Å². The first-order valence-corrected chi connectivity index (χ1v) is 8.46. The predicted octanol–water partition coefficient (Wildman–Crippen LogP) is 4.90. The quantitative estimate of drug-likeness (QED) is 0.430. The molecule has 0 spiro atoms. The van der Waals surface area contributed by atoms with Gasteiger partial charge in [-0.05, 0) is 43.9 Å². The van der Waals surface area contributed by atoms with Crippen molar-refractivity contribution in [2.75, 3.05) is 20.3 Å². The van der Waals surface area contributed by atoms with Gasteiger partial charge in [0.05, 0.1) is 20.3 Å². The molecule has 0 unspecified atom stereocenters. The number of ether oxygens (including phenoxy) is 3. The van der Waals surface area contributed by atoms with E-state index in [0.717, 1.165) is 56.6 Å². The molecule has 1 aromatic carbocycles. The first-order chi connectivity index (χ1) is 10.5. The van der Waals surface area contributed by atoms with Crippen molar-refractivity contribution in [2.45, 2.75) is 65.6 Å². The third-order valence-electron chi connectivity index (χ3n) is 3.80. The van der Waals surface area contributed by atoms with Gasteiger partial charge in [-0.2, -0.15) is 0 Å². The molecule has 0 atom stereocenters. The Labute approximate surface area is 136 Å². The highest BCUT2D eigenvalue weighted by molar-refractivity contribution is 5.36. The van der Waals surface area contributed by atoms with Gasteiger partial charge < -0.3 is 14.2 Å². The second-order valence-electron chi connectivity index (χ2n) is 6.02. The average Bonchev–Trinajstić information content (AvgIpc) is 2.48. The molecule has 0 aromatic heterocycles. The number of benzene rings is 1. The summed E-state index contributed by atoms with van der Waals surface area (Å²) in [6.45, 7) is 9.95. The molecule has 0 saturated carbocycles. The first kappa shape index (κ1) is 19.0. The molecule has 3 nitrogen and oxygen atoms in total. The normalized spacial score (nSPS) is 11.7. The summed E-state index contributed by atoms with van der Waals surface area (Å²) in [5, 5.41) is 0. The Bertz CT molecular complexity index is 419. The molecule has 0 saturated heterocycles. The highest BCUT2D eigenvalue weighted by Crippen LogP contribution is 2.24. The second kappa shape index (κ2) is 9.86. The minimum absolute atomic E-state index is 0.550. The maximum Gasteiger partial charge on any atom is 0.169 e. The summed E-state index contributed by atoms with van der Waals surface area (Å²) < 4.78 is 17.5. The van der Waals surface area contributed by atoms with E-state index in [0.29, 0.717) is 0 Å². The number of methoxy groups -OCH3 is 1. The zero-order chi connectivity index (χ0) is 16.4. The Morgan fingerprint density at radius 2 is 1.59 bits per heavy atom. The van der Waals surface area contributed by atoms with E-state index in [1.807, 2.05) is 6.07 Å². The minimum atomic E-state index is -0.550. The van der Waals surface area contributed by atoms with E-state index in [4.69, 9.17) is 14.2 Å². The lowest BCUT2D eigenvalue weighted by atomic mass is 10.0. The molecule has 0 aliphatic heterocycles. The maximum atomic E-state index is 6.06. The Hall–Kier alpha value is -1.06. The second-order valence-corrected chi connectivity index (χ2v) is 6.02. The third-order valence-corrected chi connectivity index (χ3v) is 3.80. The van der Waals surface area contributed by atoms with Crippen molar-refractivity contribution in [3.63, 3.8) is 0 Å². The van der Waals surface area contributed by atoms with E-state index >= 15 is 0 Å². The molecule has 0 N–H and O–H groups in total. The average molecular weight is 308 g/mol. The lowest BCUT2D eigenvalue weighted by molar-refractivity contribution is -0.225. The van der Waals surface area contributed by atoms with E-state index in [1.165, 1.54) is 5.56 Å². The van der Waals surface area contributed by atoms with Crippen LogP contribution in [0, 0.1) is 6.92 Å². The van der Waals surface area contributed by atoms with Crippen molar-refractivity contribution in [1.29, 1.82) is 0 Å². The summed E-state index contributed by atoms with van der Waals surface area (Å²) in [4.78, 5) is 0. The zero-order valence-electron chi connectivity index (χ0n) is 14.9. The molecular weight excluding hydrogens is 276 g/mol. The number of rotatable bonds is 11. The van der Waals surface area contributed by atoms with Crippen molar-refractivity contribution >= 4 is 0 Å². The molecule has 0 bridgehead atoms. The summed E-state index contributed by atoms with van der Waals surface area (Å²) in [6, 6.07) is 6.27. The van der Waals surface area contributed by atoms with E-state index in [-0.39, 0.29) is 0 Å². The van der Waals surface area contributed by atoms with E-state index in [2.05, 4.69) is 39.8 Å². The smallest absolute Gasteiger partial charge is 0.169 e. The van der Waals surface area contributed by atoms with E-state index in [9.17, 15) is 0 Å². The van der Waals surface area contributed by atoms with Crippen LogP contribution in [-0.4, -0.2) is 26.1 Å². The topological polar surface area (TPSA) is 27.7 Å². The SMILES string of the molecule is CCCCOC(C)(Cc1ccc(OC)c(C)c1)OCCCC. The monoisotopic (exact) mass is 308 g/mol. The standard InChI is InChI=1S/C19H32O3/c1-6-8-12-21-19(4,22-13-9-7-2)15-17-10-11-18(20-5)16(3)14-17/h10-11,14H,6-9,12-13,15H2,1-5H3. The van der Waals surface area contributed by atoms with Crippen LogP contribution in [0.5, 0.6) is 5.75 Å². The van der Waals surface area contributed by atoms with Gasteiger partial charge in [0.15, 0.2) is 5.79 Å². The molecule has 0 fully saturated rings. The van der Waals surface area contributed by atoms with Crippen molar-refractivity contribution < 1.29 is 14.2 Å². The van der Waals surface area contributed by atoms with Gasteiger partial charge in [0.1, 0.15) is 5.75 Å². The van der Waals surface area contributed by atoms with E-state index < -0.39 is 5.79 Å². The molecule has 3 heteroatoms. The molecule has 126 valence electrons. The number of hydrogen-bond donors (Lipinski definition) is 0. The van der Waals surface area contributed by atoms with Crippen LogP contribution in [0.4, 0.5) is 0 Å². The van der Waals surface area contributed by atoms with Crippen LogP contribution >= 0.6 is 0 Å². The van der Waals surface area contributed by atoms with Gasteiger partial charge in [-0.15, -0.1) is 0 Å². The molecule has 22 heavy (non-hydrogen) atoms. The van der Waals surface area contributed by atoms with Crippen LogP contribution in [0.25, 0.3) is 0 Å². The van der Waals surface area contributed by atoms with Gasteiger partial charge in [0.2, 0.25) is 0 Å². The molecule has 0 aliphatic rings. The number of aryl methyl sites for hydroxylation is 1. The summed E-state index contributed by atoms with van der Waals surface area (Å²) in [5.74, 6) is 0.370. The van der Waals surface area contributed by atoms with Gasteiger partial charge >= 0.3 is 0 Å². The molecular formula is C19H32O3. The lowest BCUT2D eigenvalue weighted by Gasteiger charge is -2.30. The van der Waals surface area contributed by atoms with Crippen LogP contribution in [-0.2, 0) is 15.9 Å². The predicted molar refractivity (Wildman–Crippen MR) is 91.6 cm³/mol. The Kier molecular flexibility index (Phi) is 8.51. The third kappa shape index (κ3) is 6.37. The van der Waals surface area contributed by atoms with Gasteiger partial charge in [-0.3, -0.25) is 0 Å². The van der Waals surface area contributed by atoms with Gasteiger partial charge in [0.25, 0.3) is 0 Å². The Balaban J connectivity index is 2.74. The molecule has 0 radical (unpaired) electrons. The fourth-order valence-corrected chi connectivity index (χ4v) is 2.43.